The fourth-order valence-corrected chi connectivity index (χ4v) is 3.31. The molecule has 0 heterocycles. The fraction of sp³-hybridized carbons (Fsp3) is 0.467. The van der Waals surface area contributed by atoms with Crippen molar-refractivity contribution in [2.24, 2.45) is 5.92 Å². The summed E-state index contributed by atoms with van der Waals surface area (Å²) in [5, 5.41) is 9.22. The first kappa shape index (κ1) is 19.9. The molecule has 1 aromatic rings. The summed E-state index contributed by atoms with van der Waals surface area (Å²) < 4.78 is 36.7. The summed E-state index contributed by atoms with van der Waals surface area (Å²) in [5.41, 5.74) is 0.0654. The zero-order valence-corrected chi connectivity index (χ0v) is 14.7. The zero-order valence-electron chi connectivity index (χ0n) is 13.9. The van der Waals surface area contributed by atoms with Gasteiger partial charge in [0.1, 0.15) is 17.4 Å². The van der Waals surface area contributed by atoms with Gasteiger partial charge in [-0.05, 0) is 18.1 Å². The van der Waals surface area contributed by atoms with Crippen LogP contribution in [0, 0.1) is 5.92 Å². The highest BCUT2D eigenvalue weighted by molar-refractivity contribution is 7.89. The Kier molecular flexibility index (Phi) is 6.73. The molecule has 0 amide bonds. The van der Waals surface area contributed by atoms with Gasteiger partial charge in [-0.3, -0.25) is 4.79 Å². The van der Waals surface area contributed by atoms with Crippen molar-refractivity contribution >= 4 is 22.0 Å². The molecular formula is C15H21NO7S. The van der Waals surface area contributed by atoms with Gasteiger partial charge in [-0.1, -0.05) is 20.3 Å². The second kappa shape index (κ2) is 8.11. The normalized spacial score (nSPS) is 13.8. The van der Waals surface area contributed by atoms with Crippen molar-refractivity contribution in [2.45, 2.75) is 31.2 Å². The molecule has 2 N–H and O–H groups in total. The standard InChI is InChI=1S/C15H21NO7S/c1-5-9(2)13(14(17)18)16-24(20,21)10-6-7-11(15(19)23-4)12(8-10)22-3/h6-9,13,16H,5H2,1-4H3,(H,17,18)/t9-,13-/m0/s1. The third kappa shape index (κ3) is 4.45. The third-order valence-corrected chi connectivity index (χ3v) is 5.09. The Hall–Kier alpha value is -2.13. The Morgan fingerprint density at radius 2 is 1.92 bits per heavy atom. The minimum Gasteiger partial charge on any atom is -0.496 e. The van der Waals surface area contributed by atoms with E-state index in [1.54, 1.807) is 13.8 Å². The predicted molar refractivity (Wildman–Crippen MR) is 85.5 cm³/mol. The van der Waals surface area contributed by atoms with E-state index in [1.165, 1.54) is 26.4 Å². The molecule has 0 aliphatic heterocycles. The number of methoxy groups -OCH3 is 2. The second-order valence-electron chi connectivity index (χ2n) is 5.18. The van der Waals surface area contributed by atoms with Crippen LogP contribution in [-0.4, -0.2) is 45.7 Å². The van der Waals surface area contributed by atoms with Crippen LogP contribution in [0.4, 0.5) is 0 Å². The molecule has 0 spiro atoms. The number of hydrogen-bond donors (Lipinski definition) is 2. The van der Waals surface area contributed by atoms with Crippen LogP contribution in [0.15, 0.2) is 23.1 Å². The first-order valence-corrected chi connectivity index (χ1v) is 8.67. The minimum absolute atomic E-state index is 0.0140. The highest BCUT2D eigenvalue weighted by Crippen LogP contribution is 2.24. The maximum atomic E-state index is 12.4. The molecular weight excluding hydrogens is 338 g/mol. The summed E-state index contributed by atoms with van der Waals surface area (Å²) in [6.07, 6.45) is 0.490. The Bertz CT molecular complexity index is 715. The molecule has 0 aliphatic rings. The van der Waals surface area contributed by atoms with Gasteiger partial charge in [-0.25, -0.2) is 13.2 Å². The molecule has 0 radical (unpaired) electrons. The van der Waals surface area contributed by atoms with E-state index in [0.717, 1.165) is 6.07 Å². The Labute approximate surface area is 140 Å². The first-order valence-electron chi connectivity index (χ1n) is 7.19. The Morgan fingerprint density at radius 1 is 1.29 bits per heavy atom. The number of sulfonamides is 1. The number of ether oxygens (including phenoxy) is 2. The highest BCUT2D eigenvalue weighted by atomic mass is 32.2. The first-order chi connectivity index (χ1) is 11.2. The summed E-state index contributed by atoms with van der Waals surface area (Å²) in [6, 6.07) is 2.32. The number of carbonyl (C=O) groups is 2. The number of carboxylic acids is 1. The summed E-state index contributed by atoms with van der Waals surface area (Å²) in [6.45, 7) is 3.41. The number of nitrogens with one attached hydrogen (secondary N) is 1. The number of carboxylic acid groups (broad SMARTS) is 1. The predicted octanol–water partition coefficient (Wildman–Crippen LogP) is 1.26. The molecule has 0 saturated carbocycles. The smallest absolute Gasteiger partial charge is 0.341 e. The topological polar surface area (TPSA) is 119 Å². The van der Waals surface area contributed by atoms with E-state index in [2.05, 4.69) is 9.46 Å². The average molecular weight is 359 g/mol. The summed E-state index contributed by atoms with van der Waals surface area (Å²) in [7, 11) is -1.63. The lowest BCUT2D eigenvalue weighted by Crippen LogP contribution is -2.44. The lowest BCUT2D eigenvalue weighted by atomic mass is 10.0. The molecule has 0 fully saturated rings. The molecule has 24 heavy (non-hydrogen) atoms. The molecule has 0 saturated heterocycles. The highest BCUT2D eigenvalue weighted by Gasteiger charge is 2.30. The monoisotopic (exact) mass is 359 g/mol. The fourth-order valence-electron chi connectivity index (χ4n) is 2.00. The minimum atomic E-state index is -4.10. The van der Waals surface area contributed by atoms with Crippen molar-refractivity contribution in [1.29, 1.82) is 0 Å². The van der Waals surface area contributed by atoms with Crippen LogP contribution in [0.25, 0.3) is 0 Å². The van der Waals surface area contributed by atoms with Crippen LogP contribution in [0.3, 0.4) is 0 Å². The van der Waals surface area contributed by atoms with E-state index in [-0.39, 0.29) is 16.2 Å². The number of rotatable bonds is 8. The summed E-state index contributed by atoms with van der Waals surface area (Å²) >= 11 is 0. The van der Waals surface area contributed by atoms with E-state index in [9.17, 15) is 23.1 Å². The van der Waals surface area contributed by atoms with Crippen LogP contribution in [0.5, 0.6) is 5.75 Å². The van der Waals surface area contributed by atoms with E-state index < -0.39 is 33.9 Å². The molecule has 134 valence electrons. The molecule has 0 aromatic heterocycles. The molecule has 9 heteroatoms. The second-order valence-corrected chi connectivity index (χ2v) is 6.89. The quantitative estimate of drug-likeness (QED) is 0.671. The maximum absolute atomic E-state index is 12.4. The van der Waals surface area contributed by atoms with E-state index >= 15 is 0 Å². The molecule has 1 aromatic carbocycles. The van der Waals surface area contributed by atoms with Gasteiger partial charge in [-0.15, -0.1) is 0 Å². The molecule has 1 rings (SSSR count). The van der Waals surface area contributed by atoms with Crippen LogP contribution >= 0.6 is 0 Å². The van der Waals surface area contributed by atoms with E-state index in [4.69, 9.17) is 4.74 Å². The van der Waals surface area contributed by atoms with Crippen molar-refractivity contribution in [3.63, 3.8) is 0 Å². The van der Waals surface area contributed by atoms with Crippen molar-refractivity contribution in [1.82, 2.24) is 4.72 Å². The number of esters is 1. The van der Waals surface area contributed by atoms with Gasteiger partial charge >= 0.3 is 11.9 Å². The summed E-state index contributed by atoms with van der Waals surface area (Å²) in [5.74, 6) is -2.31. The van der Waals surface area contributed by atoms with Gasteiger partial charge in [0.05, 0.1) is 19.1 Å². The Balaban J connectivity index is 3.23. The van der Waals surface area contributed by atoms with Crippen molar-refractivity contribution in [3.8, 4) is 5.75 Å². The van der Waals surface area contributed by atoms with E-state index in [0.29, 0.717) is 6.42 Å². The lowest BCUT2D eigenvalue weighted by Gasteiger charge is -2.20. The number of aliphatic carboxylic acids is 1. The largest absolute Gasteiger partial charge is 0.496 e. The van der Waals surface area contributed by atoms with Gasteiger partial charge in [0.15, 0.2) is 0 Å². The van der Waals surface area contributed by atoms with Gasteiger partial charge in [-0.2, -0.15) is 4.72 Å². The van der Waals surface area contributed by atoms with Crippen molar-refractivity contribution in [2.75, 3.05) is 14.2 Å². The van der Waals surface area contributed by atoms with Crippen LogP contribution in [-0.2, 0) is 19.6 Å². The average Bonchev–Trinajstić information content (AvgIpc) is 2.57. The number of carbonyl (C=O) groups excluding carboxylic acids is 1. The lowest BCUT2D eigenvalue weighted by molar-refractivity contribution is -0.140. The van der Waals surface area contributed by atoms with Gasteiger partial charge in [0.25, 0.3) is 0 Å². The third-order valence-electron chi connectivity index (χ3n) is 3.65. The molecule has 0 aliphatic carbocycles. The molecule has 0 bridgehead atoms. The van der Waals surface area contributed by atoms with Crippen molar-refractivity contribution < 1.29 is 32.6 Å². The van der Waals surface area contributed by atoms with Crippen molar-refractivity contribution in [3.05, 3.63) is 23.8 Å². The molecule has 0 unspecified atom stereocenters. The SMILES string of the molecule is CC[C@H](C)[C@H](NS(=O)(=O)c1ccc(C(=O)OC)c(OC)c1)C(=O)O. The Morgan fingerprint density at radius 3 is 2.38 bits per heavy atom. The maximum Gasteiger partial charge on any atom is 0.341 e. The van der Waals surface area contributed by atoms with Crippen LogP contribution in [0.1, 0.15) is 30.6 Å². The van der Waals surface area contributed by atoms with E-state index in [1.807, 2.05) is 0 Å². The van der Waals surface area contributed by atoms with Crippen LogP contribution in [0.2, 0.25) is 0 Å². The number of benzene rings is 1. The summed E-state index contributed by atoms with van der Waals surface area (Å²) in [4.78, 5) is 22.7. The zero-order chi connectivity index (χ0) is 18.5. The van der Waals surface area contributed by atoms with Crippen LogP contribution < -0.4 is 9.46 Å². The molecule has 2 atom stereocenters. The molecule has 8 nitrogen and oxygen atoms in total. The number of hydrogen-bond acceptors (Lipinski definition) is 6. The van der Waals surface area contributed by atoms with Gasteiger partial charge < -0.3 is 14.6 Å². The van der Waals surface area contributed by atoms with Gasteiger partial charge in [0.2, 0.25) is 10.0 Å². The van der Waals surface area contributed by atoms with Gasteiger partial charge in [0, 0.05) is 6.07 Å².